The van der Waals surface area contributed by atoms with E-state index in [9.17, 15) is 0 Å². The number of nitrogens with zero attached hydrogens (tertiary/aromatic N) is 9. The Hall–Kier alpha value is -6.22. The summed E-state index contributed by atoms with van der Waals surface area (Å²) in [7, 11) is 0. The summed E-state index contributed by atoms with van der Waals surface area (Å²) in [4.78, 5) is 32.3. The van der Waals surface area contributed by atoms with Crippen LogP contribution in [-0.2, 0) is 0 Å². The van der Waals surface area contributed by atoms with E-state index >= 15 is 0 Å². The summed E-state index contributed by atoms with van der Waals surface area (Å²) in [5.74, 6) is 1.29. The van der Waals surface area contributed by atoms with Gasteiger partial charge in [-0.25, -0.2) is 19.5 Å². The van der Waals surface area contributed by atoms with Gasteiger partial charge in [0.25, 0.3) is 0 Å². The van der Waals surface area contributed by atoms with E-state index in [4.69, 9.17) is 30.0 Å². The van der Waals surface area contributed by atoms with E-state index in [1.54, 1.807) is 24.8 Å². The summed E-state index contributed by atoms with van der Waals surface area (Å²) in [6, 6.07) is 27.9. The molecule has 202 valence electrons. The molecule has 8 rings (SSSR count). The fraction of sp³-hybridized carbons (Fsp3) is 0. The number of fused-ring (bicyclic) bond motifs is 2. The lowest BCUT2D eigenvalue weighted by atomic mass is 10.1. The molecule has 43 heavy (non-hydrogen) atoms. The van der Waals surface area contributed by atoms with Crippen LogP contribution in [0.2, 0.25) is 0 Å². The van der Waals surface area contributed by atoms with E-state index in [0.717, 1.165) is 38.5 Å². The number of pyridine rings is 5. The minimum atomic E-state index is 0.429. The fourth-order valence-electron chi connectivity index (χ4n) is 4.96. The minimum absolute atomic E-state index is 0.429. The second-order valence-electron chi connectivity index (χ2n) is 9.96. The van der Waals surface area contributed by atoms with Crippen molar-refractivity contribution in [3.8, 4) is 56.8 Å². The number of rotatable bonds is 5. The molecule has 0 atom stereocenters. The van der Waals surface area contributed by atoms with Gasteiger partial charge in [-0.2, -0.15) is 5.10 Å². The van der Waals surface area contributed by atoms with E-state index < -0.39 is 0 Å². The molecule has 0 aliphatic carbocycles. The predicted octanol–water partition coefficient (Wildman–Crippen LogP) is 6.59. The Bertz CT molecular complexity index is 2060. The normalized spacial score (nSPS) is 11.3. The molecule has 9 heteroatoms. The van der Waals surface area contributed by atoms with Crippen molar-refractivity contribution < 1.29 is 0 Å². The van der Waals surface area contributed by atoms with Gasteiger partial charge in [0.05, 0.1) is 5.52 Å². The second kappa shape index (κ2) is 10.3. The average Bonchev–Trinajstić information content (AvgIpc) is 3.51. The van der Waals surface area contributed by atoms with Crippen LogP contribution in [0.1, 0.15) is 0 Å². The molecule has 1 aromatic carbocycles. The van der Waals surface area contributed by atoms with Crippen molar-refractivity contribution in [2.24, 2.45) is 0 Å². The van der Waals surface area contributed by atoms with Crippen molar-refractivity contribution in [1.29, 1.82) is 0 Å². The van der Waals surface area contributed by atoms with Crippen LogP contribution < -0.4 is 0 Å². The zero-order valence-corrected chi connectivity index (χ0v) is 22.6. The smallest absolute Gasteiger partial charge is 0.184 e. The third-order valence-corrected chi connectivity index (χ3v) is 7.16. The van der Waals surface area contributed by atoms with Crippen molar-refractivity contribution in [2.45, 2.75) is 0 Å². The molecule has 0 amide bonds. The maximum atomic E-state index is 4.82. The molecule has 7 heterocycles. The average molecular weight is 556 g/mol. The van der Waals surface area contributed by atoms with Crippen molar-refractivity contribution in [1.82, 2.24) is 44.5 Å². The van der Waals surface area contributed by atoms with E-state index in [-0.39, 0.29) is 0 Å². The van der Waals surface area contributed by atoms with Gasteiger partial charge in [0.1, 0.15) is 17.1 Å². The largest absolute Gasteiger partial charge is 0.264 e. The van der Waals surface area contributed by atoms with E-state index in [2.05, 4.69) is 28.2 Å². The summed E-state index contributed by atoms with van der Waals surface area (Å²) >= 11 is 0. The first-order chi connectivity index (χ1) is 21.3. The monoisotopic (exact) mass is 555 g/mol. The Balaban J connectivity index is 1.24. The summed E-state index contributed by atoms with van der Waals surface area (Å²) in [6.45, 7) is 0. The van der Waals surface area contributed by atoms with Crippen LogP contribution in [0.3, 0.4) is 0 Å². The molecule has 0 fully saturated rings. The van der Waals surface area contributed by atoms with Crippen LogP contribution in [0.25, 0.3) is 73.1 Å². The van der Waals surface area contributed by atoms with E-state index in [1.807, 2.05) is 89.8 Å². The van der Waals surface area contributed by atoms with Gasteiger partial charge in [-0.3, -0.25) is 19.9 Å². The summed E-state index contributed by atoms with van der Waals surface area (Å²) < 4.78 is 1.85. The second-order valence-corrected chi connectivity index (χ2v) is 9.96. The number of aromatic nitrogens is 9. The van der Waals surface area contributed by atoms with Gasteiger partial charge in [0.15, 0.2) is 17.5 Å². The van der Waals surface area contributed by atoms with Crippen molar-refractivity contribution in [3.63, 3.8) is 0 Å². The summed E-state index contributed by atoms with van der Waals surface area (Å²) in [5, 5.41) is 7.05. The molecule has 0 bridgehead atoms. The highest BCUT2D eigenvalue weighted by Crippen LogP contribution is 2.27. The lowest BCUT2D eigenvalue weighted by Gasteiger charge is -2.07. The number of hydrogen-bond donors (Lipinski definition) is 0. The highest BCUT2D eigenvalue weighted by Gasteiger charge is 2.17. The van der Waals surface area contributed by atoms with Gasteiger partial charge >= 0.3 is 0 Å². The molecule has 7 aromatic heterocycles. The standard InChI is InChI=1S/C34H21N9/c1-2-6-27-21-43-28(15-22(27)5-1)16-31(42-43)34-40-32(29-11-9-25(19-37-29)23-7-3-13-35-17-23)39-33(41-34)30-12-10-26(20-38-30)24-8-4-14-36-18-24/h1-21H. The molecule has 0 N–H and O–H groups in total. The Kier molecular flexibility index (Phi) is 5.89. The van der Waals surface area contributed by atoms with E-state index in [1.165, 1.54) is 0 Å². The maximum absolute atomic E-state index is 4.82. The highest BCUT2D eigenvalue weighted by atomic mass is 15.2. The predicted molar refractivity (Wildman–Crippen MR) is 164 cm³/mol. The quantitative estimate of drug-likeness (QED) is 0.234. The van der Waals surface area contributed by atoms with Crippen molar-refractivity contribution in [2.75, 3.05) is 0 Å². The molecule has 0 radical (unpaired) electrons. The van der Waals surface area contributed by atoms with Crippen LogP contribution in [-0.4, -0.2) is 44.5 Å². The Morgan fingerprint density at radius 2 is 1.02 bits per heavy atom. The van der Waals surface area contributed by atoms with Crippen molar-refractivity contribution in [3.05, 3.63) is 128 Å². The van der Waals surface area contributed by atoms with Gasteiger partial charge in [0.2, 0.25) is 0 Å². The first kappa shape index (κ1) is 24.6. The lowest BCUT2D eigenvalue weighted by Crippen LogP contribution is -2.02. The van der Waals surface area contributed by atoms with Crippen molar-refractivity contribution >= 4 is 16.3 Å². The van der Waals surface area contributed by atoms with Gasteiger partial charge in [-0.15, -0.1) is 0 Å². The Labute approximate surface area is 245 Å². The van der Waals surface area contributed by atoms with Gasteiger partial charge in [0, 0.05) is 71.0 Å². The Morgan fingerprint density at radius 3 is 1.56 bits per heavy atom. The molecule has 0 aliphatic rings. The molecule has 0 unspecified atom stereocenters. The van der Waals surface area contributed by atoms with Gasteiger partial charge < -0.3 is 0 Å². The molecule has 8 aromatic rings. The SMILES string of the molecule is c1cncc(-c2ccc(-c3nc(-c4ccc(-c5cccnc5)cn4)nc(-c4cc5cc6ccccc6cn5n4)n3)nc2)c1. The third-order valence-electron chi connectivity index (χ3n) is 7.16. The third kappa shape index (κ3) is 4.74. The van der Waals surface area contributed by atoms with Crippen LogP contribution in [0.5, 0.6) is 0 Å². The molecule has 9 nitrogen and oxygen atoms in total. The maximum Gasteiger partial charge on any atom is 0.184 e. The topological polar surface area (TPSA) is 108 Å². The first-order valence-electron chi connectivity index (χ1n) is 13.7. The Morgan fingerprint density at radius 1 is 0.465 bits per heavy atom. The summed E-state index contributed by atoms with van der Waals surface area (Å²) in [5.41, 5.74) is 6.65. The zero-order chi connectivity index (χ0) is 28.6. The van der Waals surface area contributed by atoms with Crippen LogP contribution in [0, 0.1) is 0 Å². The molecule has 0 saturated heterocycles. The molecular weight excluding hydrogens is 534 g/mol. The lowest BCUT2D eigenvalue weighted by molar-refractivity contribution is 0.955. The molecular formula is C34H21N9. The van der Waals surface area contributed by atoms with Crippen LogP contribution in [0.4, 0.5) is 0 Å². The van der Waals surface area contributed by atoms with Crippen LogP contribution in [0.15, 0.2) is 128 Å². The molecule has 0 spiro atoms. The fourth-order valence-corrected chi connectivity index (χ4v) is 4.96. The van der Waals surface area contributed by atoms with Gasteiger partial charge in [-0.1, -0.05) is 48.5 Å². The number of benzene rings is 1. The first-order valence-corrected chi connectivity index (χ1v) is 13.7. The highest BCUT2D eigenvalue weighted by molar-refractivity contribution is 5.86. The molecule has 0 saturated carbocycles. The van der Waals surface area contributed by atoms with Gasteiger partial charge in [-0.05, 0) is 41.8 Å². The minimum Gasteiger partial charge on any atom is -0.264 e. The summed E-state index contributed by atoms with van der Waals surface area (Å²) in [6.07, 6.45) is 12.7. The van der Waals surface area contributed by atoms with E-state index in [0.29, 0.717) is 34.6 Å². The zero-order valence-electron chi connectivity index (χ0n) is 22.6. The number of hydrogen-bond acceptors (Lipinski definition) is 8. The molecule has 0 aliphatic heterocycles. The van der Waals surface area contributed by atoms with Crippen LogP contribution >= 0.6 is 0 Å².